The van der Waals surface area contributed by atoms with Crippen LogP contribution in [0.25, 0.3) is 0 Å². The van der Waals surface area contributed by atoms with Gasteiger partial charge in [0.25, 0.3) is 0 Å². The summed E-state index contributed by atoms with van der Waals surface area (Å²) >= 11 is 0. The van der Waals surface area contributed by atoms with Gasteiger partial charge in [-0.1, -0.05) is 67.6 Å². The standard InChI is InChI=1S/C23H26N2O3/c1-16-19(18-13-9-6-10-14-18)20(22(27)28-23(2,3)4)24-25(21(16)26)15-17-11-7-5-8-12-17/h5-14,16,19H,15H2,1-4H3/t16-,19+/m1/s1. The van der Waals surface area contributed by atoms with Crippen LogP contribution in [0.1, 0.15) is 44.7 Å². The van der Waals surface area contributed by atoms with Crippen molar-refractivity contribution in [1.29, 1.82) is 0 Å². The van der Waals surface area contributed by atoms with Crippen LogP contribution < -0.4 is 0 Å². The zero-order chi connectivity index (χ0) is 20.3. The fourth-order valence-electron chi connectivity index (χ4n) is 3.33. The van der Waals surface area contributed by atoms with E-state index in [2.05, 4.69) is 5.10 Å². The first kappa shape index (κ1) is 19.8. The van der Waals surface area contributed by atoms with Crippen molar-refractivity contribution in [3.8, 4) is 0 Å². The minimum atomic E-state index is -0.643. The van der Waals surface area contributed by atoms with Gasteiger partial charge in [0.2, 0.25) is 5.91 Å². The third kappa shape index (κ3) is 4.47. The van der Waals surface area contributed by atoms with Crippen LogP contribution >= 0.6 is 0 Å². The Morgan fingerprint density at radius 1 is 1.04 bits per heavy atom. The first-order chi connectivity index (χ1) is 13.3. The lowest BCUT2D eigenvalue weighted by atomic mass is 9.81. The Morgan fingerprint density at radius 2 is 1.61 bits per heavy atom. The summed E-state index contributed by atoms with van der Waals surface area (Å²) in [5, 5.41) is 5.86. The van der Waals surface area contributed by atoms with Crippen molar-refractivity contribution in [2.24, 2.45) is 11.0 Å². The maximum absolute atomic E-state index is 13.0. The molecule has 0 saturated carbocycles. The molecule has 0 radical (unpaired) electrons. The van der Waals surface area contributed by atoms with Crippen molar-refractivity contribution in [3.05, 3.63) is 71.8 Å². The first-order valence-electron chi connectivity index (χ1n) is 9.48. The number of nitrogens with zero attached hydrogens (tertiary/aromatic N) is 2. The number of rotatable bonds is 4. The van der Waals surface area contributed by atoms with E-state index < -0.39 is 23.4 Å². The van der Waals surface area contributed by atoms with E-state index in [1.165, 1.54) is 5.01 Å². The zero-order valence-electron chi connectivity index (χ0n) is 16.8. The Hall–Kier alpha value is -2.95. The summed E-state index contributed by atoms with van der Waals surface area (Å²) in [4.78, 5) is 26.0. The van der Waals surface area contributed by atoms with Gasteiger partial charge < -0.3 is 4.74 Å². The largest absolute Gasteiger partial charge is 0.455 e. The molecule has 2 atom stereocenters. The smallest absolute Gasteiger partial charge is 0.355 e. The third-order valence-corrected chi connectivity index (χ3v) is 4.61. The fourth-order valence-corrected chi connectivity index (χ4v) is 3.33. The number of hydrogen-bond donors (Lipinski definition) is 0. The molecule has 0 bridgehead atoms. The highest BCUT2D eigenvalue weighted by molar-refractivity contribution is 6.39. The van der Waals surface area contributed by atoms with E-state index in [9.17, 15) is 9.59 Å². The number of amides is 1. The minimum Gasteiger partial charge on any atom is -0.455 e. The second-order valence-electron chi connectivity index (χ2n) is 8.05. The normalized spacial score (nSPS) is 19.9. The van der Waals surface area contributed by atoms with Gasteiger partial charge in [0.1, 0.15) is 5.60 Å². The van der Waals surface area contributed by atoms with Crippen molar-refractivity contribution in [2.45, 2.75) is 45.8 Å². The van der Waals surface area contributed by atoms with Gasteiger partial charge in [-0.25, -0.2) is 9.80 Å². The molecule has 0 saturated heterocycles. The molecule has 5 heteroatoms. The average Bonchev–Trinajstić information content (AvgIpc) is 2.65. The molecule has 3 rings (SSSR count). The van der Waals surface area contributed by atoms with Crippen LogP contribution in [0.15, 0.2) is 65.8 Å². The molecule has 2 aromatic rings. The van der Waals surface area contributed by atoms with Gasteiger partial charge in [-0.2, -0.15) is 5.10 Å². The number of carbonyl (C=O) groups is 2. The Labute approximate surface area is 166 Å². The van der Waals surface area contributed by atoms with Crippen LogP contribution in [0.3, 0.4) is 0 Å². The van der Waals surface area contributed by atoms with E-state index in [1.54, 1.807) is 0 Å². The molecule has 2 aromatic carbocycles. The van der Waals surface area contributed by atoms with E-state index in [0.29, 0.717) is 6.54 Å². The molecule has 146 valence electrons. The molecular weight excluding hydrogens is 352 g/mol. The highest BCUT2D eigenvalue weighted by atomic mass is 16.6. The van der Waals surface area contributed by atoms with Crippen LogP contribution in [0.5, 0.6) is 0 Å². The maximum atomic E-state index is 13.0. The van der Waals surface area contributed by atoms with Gasteiger partial charge in [0.05, 0.1) is 6.54 Å². The quantitative estimate of drug-likeness (QED) is 0.751. The third-order valence-electron chi connectivity index (χ3n) is 4.61. The van der Waals surface area contributed by atoms with E-state index in [0.717, 1.165) is 11.1 Å². The summed E-state index contributed by atoms with van der Waals surface area (Å²) in [7, 11) is 0. The Morgan fingerprint density at radius 3 is 2.18 bits per heavy atom. The summed E-state index contributed by atoms with van der Waals surface area (Å²) in [5.74, 6) is -1.45. The fraction of sp³-hybridized carbons (Fsp3) is 0.348. The number of carbonyl (C=O) groups excluding carboxylic acids is 2. The van der Waals surface area contributed by atoms with Gasteiger partial charge in [0, 0.05) is 11.8 Å². The Kier molecular flexibility index (Phi) is 5.63. The SMILES string of the molecule is C[C@H]1C(=O)N(Cc2ccccc2)N=C(C(=O)OC(C)(C)C)[C@@H]1c1ccccc1. The number of benzene rings is 2. The molecule has 28 heavy (non-hydrogen) atoms. The lowest BCUT2D eigenvalue weighted by Gasteiger charge is -2.34. The molecule has 0 unspecified atom stereocenters. The molecule has 1 aliphatic heterocycles. The van der Waals surface area contributed by atoms with Crippen molar-refractivity contribution < 1.29 is 14.3 Å². The number of esters is 1. The minimum absolute atomic E-state index is 0.106. The van der Waals surface area contributed by atoms with Gasteiger partial charge in [0.15, 0.2) is 5.71 Å². The molecule has 0 aliphatic carbocycles. The Bertz CT molecular complexity index is 870. The Balaban J connectivity index is 2.01. The van der Waals surface area contributed by atoms with Crippen molar-refractivity contribution >= 4 is 17.6 Å². The van der Waals surface area contributed by atoms with Crippen molar-refractivity contribution in [3.63, 3.8) is 0 Å². The summed E-state index contributed by atoms with van der Waals surface area (Å²) in [6.45, 7) is 7.63. The van der Waals surface area contributed by atoms with Crippen LogP contribution in [0.2, 0.25) is 0 Å². The second kappa shape index (κ2) is 7.97. The molecule has 0 N–H and O–H groups in total. The van der Waals surface area contributed by atoms with Gasteiger partial charge >= 0.3 is 5.97 Å². The summed E-state index contributed by atoms with van der Waals surface area (Å²) in [6.07, 6.45) is 0. The molecule has 1 heterocycles. The van der Waals surface area contributed by atoms with E-state index in [4.69, 9.17) is 4.74 Å². The lowest BCUT2D eigenvalue weighted by Crippen LogP contribution is -2.45. The number of ether oxygens (including phenoxy) is 1. The average molecular weight is 378 g/mol. The molecule has 0 fully saturated rings. The number of hydrogen-bond acceptors (Lipinski definition) is 4. The monoisotopic (exact) mass is 378 g/mol. The molecule has 0 spiro atoms. The van der Waals surface area contributed by atoms with Crippen LogP contribution in [0, 0.1) is 5.92 Å². The predicted octanol–water partition coefficient (Wildman–Crippen LogP) is 4.15. The van der Waals surface area contributed by atoms with Crippen LogP contribution in [0.4, 0.5) is 0 Å². The predicted molar refractivity (Wildman–Crippen MR) is 109 cm³/mol. The molecular formula is C23H26N2O3. The molecule has 0 aromatic heterocycles. The molecule has 1 aliphatic rings. The zero-order valence-corrected chi connectivity index (χ0v) is 16.8. The molecule has 1 amide bonds. The number of hydrazone groups is 1. The van der Waals surface area contributed by atoms with E-state index >= 15 is 0 Å². The highest BCUT2D eigenvalue weighted by Crippen LogP contribution is 2.33. The summed E-state index contributed by atoms with van der Waals surface area (Å²) in [6, 6.07) is 19.2. The topological polar surface area (TPSA) is 59.0 Å². The van der Waals surface area contributed by atoms with Gasteiger partial charge in [-0.05, 0) is 31.9 Å². The molecule has 5 nitrogen and oxygen atoms in total. The van der Waals surface area contributed by atoms with Crippen molar-refractivity contribution in [1.82, 2.24) is 5.01 Å². The van der Waals surface area contributed by atoms with Crippen LogP contribution in [-0.2, 0) is 20.9 Å². The van der Waals surface area contributed by atoms with Gasteiger partial charge in [-0.3, -0.25) is 4.79 Å². The van der Waals surface area contributed by atoms with Crippen LogP contribution in [-0.4, -0.2) is 28.2 Å². The highest BCUT2D eigenvalue weighted by Gasteiger charge is 2.41. The van der Waals surface area contributed by atoms with E-state index in [1.807, 2.05) is 88.4 Å². The lowest BCUT2D eigenvalue weighted by molar-refractivity contribution is -0.147. The van der Waals surface area contributed by atoms with Gasteiger partial charge in [-0.15, -0.1) is 0 Å². The maximum Gasteiger partial charge on any atom is 0.355 e. The summed E-state index contributed by atoms with van der Waals surface area (Å²) in [5.41, 5.74) is 1.46. The first-order valence-corrected chi connectivity index (χ1v) is 9.48. The summed E-state index contributed by atoms with van der Waals surface area (Å²) < 4.78 is 5.60. The van der Waals surface area contributed by atoms with E-state index in [-0.39, 0.29) is 11.6 Å². The van der Waals surface area contributed by atoms with Crippen molar-refractivity contribution in [2.75, 3.05) is 0 Å². The second-order valence-corrected chi connectivity index (χ2v) is 8.05.